The fourth-order valence-electron chi connectivity index (χ4n) is 3.46. The Kier molecular flexibility index (Phi) is 6.78. The molecule has 132 valence electrons. The average molecular weight is 352 g/mol. The van der Waals surface area contributed by atoms with Gasteiger partial charge in [-0.05, 0) is 18.9 Å². The molecule has 6 heteroatoms. The van der Waals surface area contributed by atoms with Crippen LogP contribution in [-0.2, 0) is 11.2 Å². The second-order valence-corrected chi connectivity index (χ2v) is 6.50. The van der Waals surface area contributed by atoms with Crippen LogP contribution < -0.4 is 5.32 Å². The summed E-state index contributed by atoms with van der Waals surface area (Å²) in [5, 5.41) is 3.37. The zero-order valence-corrected chi connectivity index (χ0v) is 15.0. The molecule has 0 spiro atoms. The highest BCUT2D eigenvalue weighted by molar-refractivity contribution is 5.94. The van der Waals surface area contributed by atoms with E-state index >= 15 is 0 Å². The number of Topliss-reactive ketones (excluding diaryl/α,β-unsaturated/α-hetero) is 1. The van der Waals surface area contributed by atoms with Gasteiger partial charge in [0.1, 0.15) is 0 Å². The molecule has 0 aromatic heterocycles. The summed E-state index contributed by atoms with van der Waals surface area (Å²) in [4.78, 5) is 28.3. The minimum absolute atomic E-state index is 0. The first-order valence-electron chi connectivity index (χ1n) is 8.46. The molecule has 1 N–H and O–H groups in total. The van der Waals surface area contributed by atoms with Crippen LogP contribution in [0.25, 0.3) is 0 Å². The Bertz CT molecular complexity index is 570. The second kappa shape index (κ2) is 8.60. The Balaban J connectivity index is 0.00000208. The molecule has 0 bridgehead atoms. The maximum absolute atomic E-state index is 12.5. The third-order valence-corrected chi connectivity index (χ3v) is 4.90. The topological polar surface area (TPSA) is 52.7 Å². The van der Waals surface area contributed by atoms with Gasteiger partial charge in [0.2, 0.25) is 5.91 Å². The Morgan fingerprint density at radius 1 is 1.12 bits per heavy atom. The first kappa shape index (κ1) is 18.9. The van der Waals surface area contributed by atoms with Gasteiger partial charge < -0.3 is 10.2 Å². The minimum Gasteiger partial charge on any atom is -0.341 e. The molecule has 2 heterocycles. The van der Waals surface area contributed by atoms with Crippen molar-refractivity contribution < 1.29 is 9.59 Å². The van der Waals surface area contributed by atoms with Gasteiger partial charge in [0, 0.05) is 50.9 Å². The normalized spacial score (nSPS) is 21.4. The molecule has 1 atom stereocenters. The Labute approximate surface area is 149 Å². The first-order chi connectivity index (χ1) is 11.1. The number of hydrogen-bond acceptors (Lipinski definition) is 4. The van der Waals surface area contributed by atoms with Gasteiger partial charge in [-0.2, -0.15) is 0 Å². The molecule has 1 amide bonds. The number of hydrogen-bond donors (Lipinski definition) is 1. The Morgan fingerprint density at radius 2 is 1.79 bits per heavy atom. The summed E-state index contributed by atoms with van der Waals surface area (Å²) in [6.07, 6.45) is 1.50. The number of likely N-dealkylation sites (tertiary alicyclic amines) is 1. The lowest BCUT2D eigenvalue weighted by molar-refractivity contribution is -0.129. The fourth-order valence-corrected chi connectivity index (χ4v) is 3.46. The van der Waals surface area contributed by atoms with Crippen LogP contribution in [0.4, 0.5) is 0 Å². The van der Waals surface area contributed by atoms with Crippen molar-refractivity contribution in [1.29, 1.82) is 0 Å². The fraction of sp³-hybridized carbons (Fsp3) is 0.556. The number of piperazine rings is 1. The molecule has 2 saturated heterocycles. The molecule has 1 aromatic carbocycles. The van der Waals surface area contributed by atoms with Crippen molar-refractivity contribution in [3.8, 4) is 0 Å². The number of carbonyl (C=O) groups excluding carboxylic acids is 2. The van der Waals surface area contributed by atoms with Gasteiger partial charge in [-0.1, -0.05) is 24.3 Å². The maximum Gasteiger partial charge on any atom is 0.227 e. The number of carbonyl (C=O) groups is 2. The third-order valence-electron chi connectivity index (χ3n) is 4.90. The van der Waals surface area contributed by atoms with Crippen molar-refractivity contribution in [3.05, 3.63) is 35.4 Å². The van der Waals surface area contributed by atoms with E-state index in [1.165, 1.54) is 0 Å². The first-order valence-corrected chi connectivity index (χ1v) is 8.46. The van der Waals surface area contributed by atoms with Gasteiger partial charge in [0.25, 0.3) is 0 Å². The van der Waals surface area contributed by atoms with Crippen LogP contribution in [0.15, 0.2) is 24.3 Å². The van der Waals surface area contributed by atoms with Crippen molar-refractivity contribution in [1.82, 2.24) is 15.1 Å². The van der Waals surface area contributed by atoms with E-state index in [1.807, 2.05) is 17.0 Å². The average Bonchev–Trinajstić information content (AvgIpc) is 3.06. The van der Waals surface area contributed by atoms with Crippen molar-refractivity contribution in [3.63, 3.8) is 0 Å². The second-order valence-electron chi connectivity index (χ2n) is 6.50. The molecule has 0 saturated carbocycles. The minimum atomic E-state index is 0. The molecule has 2 aliphatic heterocycles. The zero-order chi connectivity index (χ0) is 16.2. The van der Waals surface area contributed by atoms with Gasteiger partial charge in [0.05, 0.1) is 6.42 Å². The van der Waals surface area contributed by atoms with E-state index in [0.717, 1.165) is 51.3 Å². The monoisotopic (exact) mass is 351 g/mol. The lowest BCUT2D eigenvalue weighted by Crippen LogP contribution is -2.49. The predicted molar refractivity (Wildman–Crippen MR) is 96.8 cm³/mol. The number of nitrogens with one attached hydrogen (secondary N) is 1. The van der Waals surface area contributed by atoms with Crippen LogP contribution >= 0.6 is 12.4 Å². The molecule has 2 fully saturated rings. The molecule has 0 radical (unpaired) electrons. The summed E-state index contributed by atoms with van der Waals surface area (Å²) < 4.78 is 0. The molecular formula is C18H26ClN3O2. The number of ketones is 1. The summed E-state index contributed by atoms with van der Waals surface area (Å²) in [7, 11) is 0. The molecule has 1 aromatic rings. The molecular weight excluding hydrogens is 326 g/mol. The smallest absolute Gasteiger partial charge is 0.227 e. The summed E-state index contributed by atoms with van der Waals surface area (Å²) in [6, 6.07) is 7.90. The van der Waals surface area contributed by atoms with Gasteiger partial charge in [-0.3, -0.25) is 14.5 Å². The largest absolute Gasteiger partial charge is 0.341 e. The number of nitrogens with zero attached hydrogens (tertiary/aromatic N) is 2. The van der Waals surface area contributed by atoms with Crippen molar-refractivity contribution in [2.24, 2.45) is 0 Å². The van der Waals surface area contributed by atoms with Crippen molar-refractivity contribution >= 4 is 24.1 Å². The van der Waals surface area contributed by atoms with Crippen LogP contribution in [0.1, 0.15) is 29.3 Å². The van der Waals surface area contributed by atoms with Crippen LogP contribution in [0.3, 0.4) is 0 Å². The van der Waals surface area contributed by atoms with Crippen LogP contribution in [-0.4, -0.2) is 66.8 Å². The number of amides is 1. The van der Waals surface area contributed by atoms with E-state index in [-0.39, 0.29) is 24.1 Å². The van der Waals surface area contributed by atoms with Crippen LogP contribution in [0.2, 0.25) is 0 Å². The number of rotatable bonds is 4. The molecule has 5 nitrogen and oxygen atoms in total. The Hall–Kier alpha value is -1.43. The third kappa shape index (κ3) is 4.56. The highest BCUT2D eigenvalue weighted by Gasteiger charge is 2.30. The predicted octanol–water partition coefficient (Wildman–Crippen LogP) is 1.36. The van der Waals surface area contributed by atoms with Crippen molar-refractivity contribution in [2.75, 3.05) is 39.3 Å². The number of benzene rings is 1. The molecule has 0 aliphatic carbocycles. The van der Waals surface area contributed by atoms with E-state index in [9.17, 15) is 9.59 Å². The van der Waals surface area contributed by atoms with E-state index in [1.54, 1.807) is 19.1 Å². The van der Waals surface area contributed by atoms with E-state index in [2.05, 4.69) is 10.2 Å². The summed E-state index contributed by atoms with van der Waals surface area (Å²) in [5.41, 5.74) is 1.67. The summed E-state index contributed by atoms with van der Waals surface area (Å²) >= 11 is 0. The Morgan fingerprint density at radius 3 is 2.42 bits per heavy atom. The van der Waals surface area contributed by atoms with Gasteiger partial charge >= 0.3 is 0 Å². The SMILES string of the molecule is CC(=O)c1ccc(CC(=O)N2CCC(N3CCNCC3)C2)cc1.Cl. The molecule has 2 aliphatic rings. The zero-order valence-electron chi connectivity index (χ0n) is 14.2. The van der Waals surface area contributed by atoms with Gasteiger partial charge in [-0.25, -0.2) is 0 Å². The van der Waals surface area contributed by atoms with Crippen LogP contribution in [0, 0.1) is 0 Å². The number of halogens is 1. The van der Waals surface area contributed by atoms with Crippen molar-refractivity contribution in [2.45, 2.75) is 25.8 Å². The summed E-state index contributed by atoms with van der Waals surface area (Å²) in [5.74, 6) is 0.250. The molecule has 24 heavy (non-hydrogen) atoms. The van der Waals surface area contributed by atoms with Gasteiger partial charge in [-0.15, -0.1) is 12.4 Å². The van der Waals surface area contributed by atoms with E-state index in [4.69, 9.17) is 0 Å². The quantitative estimate of drug-likeness (QED) is 0.832. The van der Waals surface area contributed by atoms with E-state index < -0.39 is 0 Å². The lowest BCUT2D eigenvalue weighted by Gasteiger charge is -2.32. The van der Waals surface area contributed by atoms with E-state index in [0.29, 0.717) is 18.0 Å². The maximum atomic E-state index is 12.5. The lowest BCUT2D eigenvalue weighted by atomic mass is 10.1. The molecule has 1 unspecified atom stereocenters. The highest BCUT2D eigenvalue weighted by atomic mass is 35.5. The highest BCUT2D eigenvalue weighted by Crippen LogP contribution is 2.17. The standard InChI is InChI=1S/C18H25N3O2.ClH/c1-14(22)16-4-2-15(3-5-16)12-18(23)21-9-6-17(13-21)20-10-7-19-8-11-20;/h2-5,17,19H,6-13H2,1H3;1H. The molecule has 3 rings (SSSR count). The van der Waals surface area contributed by atoms with Gasteiger partial charge in [0.15, 0.2) is 5.78 Å². The van der Waals surface area contributed by atoms with Crippen LogP contribution in [0.5, 0.6) is 0 Å². The summed E-state index contributed by atoms with van der Waals surface area (Å²) in [6.45, 7) is 7.53.